The molecule has 3 atom stereocenters. The van der Waals surface area contributed by atoms with Crippen LogP contribution in [0.1, 0.15) is 27.2 Å². The Hall–Kier alpha value is -1.26. The normalized spacial score (nSPS) is 24.7. The Labute approximate surface area is 127 Å². The lowest BCUT2D eigenvalue weighted by molar-refractivity contribution is -0.118. The average molecular weight is 293 g/mol. The second-order valence-electron chi connectivity index (χ2n) is 5.88. The summed E-state index contributed by atoms with van der Waals surface area (Å²) in [6.07, 6.45) is 1.26. The summed E-state index contributed by atoms with van der Waals surface area (Å²) >= 11 is 0. The maximum absolute atomic E-state index is 5.88. The summed E-state index contributed by atoms with van der Waals surface area (Å²) in [6, 6.07) is 8.35. The maximum atomic E-state index is 5.88. The third-order valence-corrected chi connectivity index (χ3v) is 3.70. The van der Waals surface area contributed by atoms with Gasteiger partial charge in [0.2, 0.25) is 0 Å². The summed E-state index contributed by atoms with van der Waals surface area (Å²) in [7, 11) is 1.74. The summed E-state index contributed by atoms with van der Waals surface area (Å²) in [4.78, 5) is 0. The zero-order chi connectivity index (χ0) is 15.2. The van der Waals surface area contributed by atoms with Crippen LogP contribution in [0.3, 0.4) is 0 Å². The molecule has 0 amide bonds. The van der Waals surface area contributed by atoms with Crippen molar-refractivity contribution >= 4 is 5.69 Å². The molecular weight excluding hydrogens is 266 g/mol. The van der Waals surface area contributed by atoms with E-state index >= 15 is 0 Å². The van der Waals surface area contributed by atoms with Gasteiger partial charge in [-0.25, -0.2) is 0 Å². The molecule has 1 saturated carbocycles. The van der Waals surface area contributed by atoms with Gasteiger partial charge in [-0.15, -0.1) is 0 Å². The molecular formula is C17H27NO3. The molecule has 4 heteroatoms. The topological polar surface area (TPSA) is 39.7 Å². The molecule has 1 aromatic carbocycles. The van der Waals surface area contributed by atoms with Gasteiger partial charge in [-0.3, -0.25) is 0 Å². The zero-order valence-corrected chi connectivity index (χ0v) is 13.5. The van der Waals surface area contributed by atoms with Crippen LogP contribution in [0, 0.1) is 5.92 Å². The van der Waals surface area contributed by atoms with Crippen LogP contribution < -0.4 is 10.1 Å². The minimum atomic E-state index is 0.100. The molecule has 1 aromatic rings. The number of anilines is 1. The van der Waals surface area contributed by atoms with Gasteiger partial charge >= 0.3 is 0 Å². The van der Waals surface area contributed by atoms with Gasteiger partial charge < -0.3 is 19.5 Å². The largest absolute Gasteiger partial charge is 0.491 e. The van der Waals surface area contributed by atoms with Gasteiger partial charge in [0.1, 0.15) is 11.9 Å². The third-order valence-electron chi connectivity index (χ3n) is 3.70. The van der Waals surface area contributed by atoms with Crippen LogP contribution in [0.2, 0.25) is 0 Å². The molecule has 1 aliphatic rings. The highest BCUT2D eigenvalue weighted by Crippen LogP contribution is 2.33. The summed E-state index contributed by atoms with van der Waals surface area (Å²) in [5.74, 6) is 1.41. The van der Waals surface area contributed by atoms with Gasteiger partial charge in [0.15, 0.2) is 0 Å². The molecule has 0 aliphatic heterocycles. The quantitative estimate of drug-likeness (QED) is 0.798. The second-order valence-corrected chi connectivity index (χ2v) is 5.88. The lowest BCUT2D eigenvalue weighted by atomic mass is 9.85. The van der Waals surface area contributed by atoms with Crippen molar-refractivity contribution in [2.24, 2.45) is 5.92 Å². The molecule has 3 unspecified atom stereocenters. The van der Waals surface area contributed by atoms with E-state index in [1.807, 2.05) is 25.1 Å². The Kier molecular flexibility index (Phi) is 5.88. The minimum Gasteiger partial charge on any atom is -0.491 e. The molecule has 0 radical (unpaired) electrons. The van der Waals surface area contributed by atoms with Crippen LogP contribution in [0.4, 0.5) is 5.69 Å². The standard InChI is InChI=1S/C17H27NO3/c1-5-20-16-10-14(17(16)19-4)18-13-8-6-7-9-15(13)21-11-12(2)3/h6-9,12,14,16-18H,5,10-11H2,1-4H3. The monoisotopic (exact) mass is 293 g/mol. The SMILES string of the molecule is CCOC1CC(Nc2ccccc2OCC(C)C)C1OC. The van der Waals surface area contributed by atoms with Crippen molar-refractivity contribution in [3.05, 3.63) is 24.3 Å². The van der Waals surface area contributed by atoms with Crippen LogP contribution in [0.15, 0.2) is 24.3 Å². The highest BCUT2D eigenvalue weighted by atomic mass is 16.5. The van der Waals surface area contributed by atoms with Gasteiger partial charge in [-0.1, -0.05) is 26.0 Å². The molecule has 0 bridgehead atoms. The molecule has 21 heavy (non-hydrogen) atoms. The van der Waals surface area contributed by atoms with Crippen molar-refractivity contribution in [1.82, 2.24) is 0 Å². The lowest BCUT2D eigenvalue weighted by Crippen LogP contribution is -2.56. The Bertz CT molecular complexity index is 436. The molecule has 1 aliphatic carbocycles. The maximum Gasteiger partial charge on any atom is 0.142 e. The number of benzene rings is 1. The summed E-state index contributed by atoms with van der Waals surface area (Å²) in [5, 5.41) is 3.53. The van der Waals surface area contributed by atoms with Crippen molar-refractivity contribution in [3.63, 3.8) is 0 Å². The van der Waals surface area contributed by atoms with Crippen LogP contribution in [0.25, 0.3) is 0 Å². The van der Waals surface area contributed by atoms with Crippen molar-refractivity contribution < 1.29 is 14.2 Å². The van der Waals surface area contributed by atoms with E-state index in [0.29, 0.717) is 5.92 Å². The number of nitrogens with one attached hydrogen (secondary N) is 1. The fourth-order valence-corrected chi connectivity index (χ4v) is 2.58. The van der Waals surface area contributed by atoms with Crippen molar-refractivity contribution in [1.29, 1.82) is 0 Å². The average Bonchev–Trinajstić information content (AvgIpc) is 2.45. The van der Waals surface area contributed by atoms with Crippen molar-refractivity contribution in [3.8, 4) is 5.75 Å². The summed E-state index contributed by atoms with van der Waals surface area (Å²) < 4.78 is 17.1. The first-order chi connectivity index (χ1) is 10.2. The second kappa shape index (κ2) is 7.66. The molecule has 0 aromatic heterocycles. The molecule has 0 saturated heterocycles. The zero-order valence-electron chi connectivity index (χ0n) is 13.5. The number of para-hydroxylation sites is 2. The van der Waals surface area contributed by atoms with Crippen molar-refractivity contribution in [2.75, 3.05) is 25.6 Å². The fraction of sp³-hybridized carbons (Fsp3) is 0.647. The molecule has 1 fully saturated rings. The predicted molar refractivity (Wildman–Crippen MR) is 85.0 cm³/mol. The van der Waals surface area contributed by atoms with E-state index in [4.69, 9.17) is 14.2 Å². The summed E-state index contributed by atoms with van der Waals surface area (Å²) in [6.45, 7) is 7.76. The lowest BCUT2D eigenvalue weighted by Gasteiger charge is -2.43. The van der Waals surface area contributed by atoms with Crippen LogP contribution in [-0.2, 0) is 9.47 Å². The first kappa shape index (κ1) is 16.1. The number of hydrogen-bond donors (Lipinski definition) is 1. The Morgan fingerprint density at radius 2 is 2.05 bits per heavy atom. The molecule has 118 valence electrons. The number of hydrogen-bond acceptors (Lipinski definition) is 4. The highest BCUT2D eigenvalue weighted by Gasteiger charge is 2.42. The van der Waals surface area contributed by atoms with E-state index in [1.54, 1.807) is 7.11 Å². The number of rotatable bonds is 8. The fourth-order valence-electron chi connectivity index (χ4n) is 2.58. The van der Waals surface area contributed by atoms with Gasteiger partial charge in [0, 0.05) is 13.7 Å². The van der Waals surface area contributed by atoms with E-state index in [-0.39, 0.29) is 18.2 Å². The molecule has 1 N–H and O–H groups in total. The van der Waals surface area contributed by atoms with Gasteiger partial charge in [0.05, 0.1) is 24.4 Å². The van der Waals surface area contributed by atoms with E-state index in [0.717, 1.165) is 31.1 Å². The minimum absolute atomic E-state index is 0.100. The van der Waals surface area contributed by atoms with Crippen LogP contribution >= 0.6 is 0 Å². The predicted octanol–water partition coefficient (Wildman–Crippen LogP) is 3.33. The van der Waals surface area contributed by atoms with Crippen LogP contribution in [0.5, 0.6) is 5.75 Å². The van der Waals surface area contributed by atoms with E-state index < -0.39 is 0 Å². The Morgan fingerprint density at radius 3 is 2.71 bits per heavy atom. The van der Waals surface area contributed by atoms with E-state index in [1.165, 1.54) is 0 Å². The molecule has 4 nitrogen and oxygen atoms in total. The van der Waals surface area contributed by atoms with Crippen molar-refractivity contribution in [2.45, 2.75) is 45.4 Å². The Morgan fingerprint density at radius 1 is 1.29 bits per heavy atom. The van der Waals surface area contributed by atoms with Gasteiger partial charge in [0.25, 0.3) is 0 Å². The molecule has 2 rings (SSSR count). The summed E-state index contributed by atoms with van der Waals surface area (Å²) in [5.41, 5.74) is 1.03. The van der Waals surface area contributed by atoms with Gasteiger partial charge in [-0.05, 0) is 31.4 Å². The van der Waals surface area contributed by atoms with E-state index in [2.05, 4.69) is 25.2 Å². The number of methoxy groups -OCH3 is 1. The van der Waals surface area contributed by atoms with E-state index in [9.17, 15) is 0 Å². The number of ether oxygens (including phenoxy) is 3. The molecule has 0 spiro atoms. The third kappa shape index (κ3) is 4.11. The van der Waals surface area contributed by atoms with Gasteiger partial charge in [-0.2, -0.15) is 0 Å². The first-order valence-corrected chi connectivity index (χ1v) is 7.78. The Balaban J connectivity index is 1.96. The first-order valence-electron chi connectivity index (χ1n) is 7.78. The highest BCUT2D eigenvalue weighted by molar-refractivity contribution is 5.57. The molecule has 0 heterocycles. The van der Waals surface area contributed by atoms with Crippen LogP contribution in [-0.4, -0.2) is 38.6 Å². The smallest absolute Gasteiger partial charge is 0.142 e.